The van der Waals surface area contributed by atoms with Crippen LogP contribution < -0.4 is 5.32 Å². The molecule has 4 rings (SSSR count). The molecule has 1 saturated heterocycles. The molecule has 6 nitrogen and oxygen atoms in total. The summed E-state index contributed by atoms with van der Waals surface area (Å²) in [6, 6.07) is 7.74. The maximum Gasteiger partial charge on any atom is 0.232 e. The van der Waals surface area contributed by atoms with Gasteiger partial charge in [0.05, 0.1) is 17.8 Å². The highest BCUT2D eigenvalue weighted by atomic mass is 16.9. The van der Waals surface area contributed by atoms with Crippen LogP contribution in [0.1, 0.15) is 44.4 Å². The second kappa shape index (κ2) is 4.91. The van der Waals surface area contributed by atoms with E-state index in [0.29, 0.717) is 0 Å². The topological polar surface area (TPSA) is 65.4 Å². The molecule has 3 heterocycles. The first kappa shape index (κ1) is 14.4. The molecule has 1 unspecified atom stereocenters. The molecule has 0 radical (unpaired) electrons. The molecule has 2 aliphatic heterocycles. The highest BCUT2D eigenvalue weighted by Crippen LogP contribution is 2.45. The number of hydrogen-bond donors (Lipinski definition) is 1. The number of nitrogens with one attached hydrogen (secondary N) is 1. The number of aromatic nitrogens is 2. The summed E-state index contributed by atoms with van der Waals surface area (Å²) in [7, 11) is 0. The molecule has 0 spiro atoms. The Labute approximate surface area is 134 Å². The van der Waals surface area contributed by atoms with Crippen LogP contribution in [-0.4, -0.2) is 21.7 Å². The number of fused-ring (bicyclic) bond motifs is 1. The van der Waals surface area contributed by atoms with Crippen LogP contribution in [0.3, 0.4) is 0 Å². The smallest absolute Gasteiger partial charge is 0.232 e. The Morgan fingerprint density at radius 2 is 2.00 bits per heavy atom. The molecule has 1 amide bonds. The molecular formula is C17H19N3O3. The third kappa shape index (κ3) is 2.17. The highest BCUT2D eigenvalue weighted by Gasteiger charge is 2.44. The molecule has 1 atom stereocenters. The van der Waals surface area contributed by atoms with Crippen molar-refractivity contribution in [3.05, 3.63) is 48.0 Å². The van der Waals surface area contributed by atoms with E-state index in [-0.39, 0.29) is 18.2 Å². The van der Waals surface area contributed by atoms with Gasteiger partial charge in [-0.05, 0) is 32.4 Å². The number of amides is 1. The van der Waals surface area contributed by atoms with Crippen molar-refractivity contribution in [3.63, 3.8) is 0 Å². The van der Waals surface area contributed by atoms with Crippen molar-refractivity contribution in [1.29, 1.82) is 0 Å². The predicted molar refractivity (Wildman–Crippen MR) is 83.6 cm³/mol. The number of nitrogens with zero attached hydrogens (tertiary/aromatic N) is 2. The molecule has 23 heavy (non-hydrogen) atoms. The van der Waals surface area contributed by atoms with Crippen LogP contribution in [0.25, 0.3) is 0 Å². The Balaban J connectivity index is 1.75. The Bertz CT molecular complexity index is 762. The van der Waals surface area contributed by atoms with E-state index in [4.69, 9.17) is 9.47 Å². The van der Waals surface area contributed by atoms with Crippen molar-refractivity contribution >= 4 is 11.6 Å². The van der Waals surface area contributed by atoms with Gasteiger partial charge in [-0.2, -0.15) is 0 Å². The molecule has 1 aromatic carbocycles. The fourth-order valence-corrected chi connectivity index (χ4v) is 3.29. The first-order valence-corrected chi connectivity index (χ1v) is 7.71. The molecule has 0 bridgehead atoms. The second-order valence-electron chi connectivity index (χ2n) is 6.58. The van der Waals surface area contributed by atoms with Crippen LogP contribution in [0.5, 0.6) is 0 Å². The van der Waals surface area contributed by atoms with Crippen molar-refractivity contribution in [2.45, 2.75) is 39.4 Å². The third-order valence-electron chi connectivity index (χ3n) is 4.56. The van der Waals surface area contributed by atoms with Crippen LogP contribution in [0.4, 0.5) is 5.69 Å². The number of benzene rings is 1. The van der Waals surface area contributed by atoms with Crippen molar-refractivity contribution in [2.24, 2.45) is 5.41 Å². The van der Waals surface area contributed by atoms with E-state index in [1.165, 1.54) is 0 Å². The van der Waals surface area contributed by atoms with Crippen molar-refractivity contribution < 1.29 is 14.3 Å². The van der Waals surface area contributed by atoms with Crippen LogP contribution in [0.2, 0.25) is 0 Å². The molecule has 2 aromatic rings. The minimum Gasteiger partial charge on any atom is -0.328 e. The first-order chi connectivity index (χ1) is 11.0. The van der Waals surface area contributed by atoms with Crippen molar-refractivity contribution in [2.75, 3.05) is 5.32 Å². The molecule has 1 N–H and O–H groups in total. The second-order valence-corrected chi connectivity index (χ2v) is 6.58. The predicted octanol–water partition coefficient (Wildman–Crippen LogP) is 2.84. The van der Waals surface area contributed by atoms with Gasteiger partial charge < -0.3 is 19.4 Å². The SMILES string of the molecule is CC1OC(c2cn(C3c4ccccc4NC(=O)C3(C)C)cn2)O1. The number of rotatable bonds is 2. The molecule has 1 fully saturated rings. The zero-order valence-corrected chi connectivity index (χ0v) is 13.3. The quantitative estimate of drug-likeness (QED) is 0.926. The average molecular weight is 313 g/mol. The van der Waals surface area contributed by atoms with Crippen LogP contribution in [0, 0.1) is 5.41 Å². The van der Waals surface area contributed by atoms with E-state index in [1.807, 2.05) is 55.8 Å². The van der Waals surface area contributed by atoms with Crippen LogP contribution >= 0.6 is 0 Å². The minimum absolute atomic E-state index is 0.00113. The molecule has 2 aliphatic rings. The monoisotopic (exact) mass is 313 g/mol. The lowest BCUT2D eigenvalue weighted by molar-refractivity contribution is -0.383. The Morgan fingerprint density at radius 1 is 1.26 bits per heavy atom. The lowest BCUT2D eigenvalue weighted by Gasteiger charge is -2.39. The number of hydrogen-bond acceptors (Lipinski definition) is 4. The van der Waals surface area contributed by atoms with Gasteiger partial charge in [0.25, 0.3) is 0 Å². The summed E-state index contributed by atoms with van der Waals surface area (Å²) < 4.78 is 13.0. The van der Waals surface area contributed by atoms with E-state index in [9.17, 15) is 4.79 Å². The Hall–Kier alpha value is -2.18. The fourth-order valence-electron chi connectivity index (χ4n) is 3.29. The summed E-state index contributed by atoms with van der Waals surface area (Å²) in [5, 5.41) is 2.99. The number of ether oxygens (including phenoxy) is 2. The lowest BCUT2D eigenvalue weighted by atomic mass is 9.76. The molecule has 1 aromatic heterocycles. The summed E-state index contributed by atoms with van der Waals surface area (Å²) in [6.45, 7) is 5.74. The van der Waals surface area contributed by atoms with Gasteiger partial charge >= 0.3 is 0 Å². The van der Waals surface area contributed by atoms with Crippen molar-refractivity contribution in [1.82, 2.24) is 9.55 Å². The van der Waals surface area contributed by atoms with Gasteiger partial charge in [-0.3, -0.25) is 4.79 Å². The molecular weight excluding hydrogens is 294 g/mol. The fraction of sp³-hybridized carbons (Fsp3) is 0.412. The van der Waals surface area contributed by atoms with Gasteiger partial charge in [0.2, 0.25) is 12.2 Å². The zero-order valence-electron chi connectivity index (χ0n) is 13.3. The standard InChI is InChI=1S/C17H19N3O3/c1-10-22-15(23-10)13-8-20(9-18-13)14-11-6-4-5-7-12(11)19-16(21)17(14,2)3/h4-10,14-15H,1-3H3,(H,19,21). The van der Waals surface area contributed by atoms with E-state index >= 15 is 0 Å². The summed E-state index contributed by atoms with van der Waals surface area (Å²) in [5.74, 6) is 0.00113. The zero-order chi connectivity index (χ0) is 16.2. The average Bonchev–Trinajstić information content (AvgIpc) is 2.94. The molecule has 0 saturated carbocycles. The Morgan fingerprint density at radius 3 is 2.74 bits per heavy atom. The number of para-hydroxylation sites is 1. The summed E-state index contributed by atoms with van der Waals surface area (Å²) in [4.78, 5) is 16.9. The third-order valence-corrected chi connectivity index (χ3v) is 4.56. The van der Waals surface area contributed by atoms with Crippen molar-refractivity contribution in [3.8, 4) is 0 Å². The number of carbonyl (C=O) groups excluding carboxylic acids is 1. The molecule has 6 heteroatoms. The number of anilines is 1. The van der Waals surface area contributed by atoms with E-state index in [1.54, 1.807) is 6.33 Å². The normalized spacial score (nSPS) is 28.7. The number of imidazole rings is 1. The summed E-state index contributed by atoms with van der Waals surface area (Å²) in [6.07, 6.45) is 3.04. The maximum absolute atomic E-state index is 12.5. The van der Waals surface area contributed by atoms with Gasteiger partial charge in [-0.25, -0.2) is 4.98 Å². The Kier molecular flexibility index (Phi) is 3.08. The van der Waals surface area contributed by atoms with Crippen LogP contribution in [0.15, 0.2) is 36.8 Å². The van der Waals surface area contributed by atoms with E-state index < -0.39 is 11.7 Å². The summed E-state index contributed by atoms with van der Waals surface area (Å²) >= 11 is 0. The van der Waals surface area contributed by atoms with E-state index in [0.717, 1.165) is 16.9 Å². The largest absolute Gasteiger partial charge is 0.328 e. The molecule has 0 aliphatic carbocycles. The molecule has 120 valence electrons. The van der Waals surface area contributed by atoms with Crippen LogP contribution in [-0.2, 0) is 14.3 Å². The highest BCUT2D eigenvalue weighted by molar-refractivity contribution is 5.98. The maximum atomic E-state index is 12.5. The van der Waals surface area contributed by atoms with Gasteiger partial charge in [-0.1, -0.05) is 18.2 Å². The minimum atomic E-state index is -0.596. The number of carbonyl (C=O) groups is 1. The van der Waals surface area contributed by atoms with Gasteiger partial charge in [0, 0.05) is 11.9 Å². The summed E-state index contributed by atoms with van der Waals surface area (Å²) in [5.41, 5.74) is 2.05. The van der Waals surface area contributed by atoms with Gasteiger partial charge in [0.15, 0.2) is 6.29 Å². The van der Waals surface area contributed by atoms with Gasteiger partial charge in [0.1, 0.15) is 5.69 Å². The lowest BCUT2D eigenvalue weighted by Crippen LogP contribution is -2.43. The first-order valence-electron chi connectivity index (χ1n) is 7.71. The van der Waals surface area contributed by atoms with E-state index in [2.05, 4.69) is 10.3 Å². The van der Waals surface area contributed by atoms with Gasteiger partial charge in [-0.15, -0.1) is 0 Å².